The number of aliphatic hydroxyl groups excluding tert-OH is 1. The highest BCUT2D eigenvalue weighted by Gasteiger charge is 2.16. The highest BCUT2D eigenvalue weighted by molar-refractivity contribution is 5.47. The minimum Gasteiger partial charge on any atom is -0.396 e. The Balaban J connectivity index is 2.23. The van der Waals surface area contributed by atoms with Crippen LogP contribution in [-0.4, -0.2) is 36.1 Å². The van der Waals surface area contributed by atoms with E-state index in [9.17, 15) is 4.79 Å². The molecule has 0 aromatic rings. The maximum Gasteiger partial charge on any atom is 0.209 e. The van der Waals surface area contributed by atoms with Gasteiger partial charge in [0.2, 0.25) is 6.41 Å². The normalized spacial score (nSPS) is 21.1. The van der Waals surface area contributed by atoms with Crippen LogP contribution >= 0.6 is 0 Å². The first-order valence-corrected chi connectivity index (χ1v) is 3.67. The number of piperidine rings is 1. The lowest BCUT2D eigenvalue weighted by atomic mass is 9.98. The highest BCUT2D eigenvalue weighted by atomic mass is 16.3. The molecule has 0 saturated carbocycles. The Kier molecular flexibility index (Phi) is 2.68. The van der Waals surface area contributed by atoms with E-state index in [1.54, 1.807) is 4.90 Å². The van der Waals surface area contributed by atoms with E-state index < -0.39 is 0 Å². The predicted molar refractivity (Wildman–Crippen MR) is 37.4 cm³/mol. The quantitative estimate of drug-likeness (QED) is 0.546. The molecule has 3 nitrogen and oxygen atoms in total. The second kappa shape index (κ2) is 3.56. The minimum atomic E-state index is 0.271. The van der Waals surface area contributed by atoms with Crippen LogP contribution in [0.2, 0.25) is 0 Å². The second-order valence-electron chi connectivity index (χ2n) is 2.77. The minimum absolute atomic E-state index is 0.271. The van der Waals surface area contributed by atoms with Gasteiger partial charge in [0.25, 0.3) is 0 Å². The van der Waals surface area contributed by atoms with Crippen LogP contribution < -0.4 is 0 Å². The van der Waals surface area contributed by atoms with E-state index in [2.05, 4.69) is 0 Å². The average Bonchev–Trinajstić information content (AvgIpc) is 2.05. The van der Waals surface area contributed by atoms with Gasteiger partial charge in [-0.3, -0.25) is 4.79 Å². The van der Waals surface area contributed by atoms with Crippen molar-refractivity contribution in [3.8, 4) is 0 Å². The average molecular weight is 143 g/mol. The Morgan fingerprint density at radius 1 is 1.50 bits per heavy atom. The largest absolute Gasteiger partial charge is 0.396 e. The molecule has 0 unspecified atom stereocenters. The fourth-order valence-electron chi connectivity index (χ4n) is 1.24. The number of rotatable bonds is 2. The molecule has 3 heteroatoms. The molecule has 0 bridgehead atoms. The van der Waals surface area contributed by atoms with Crippen LogP contribution in [0.5, 0.6) is 0 Å². The molecule has 1 heterocycles. The molecular formula is C7H13NO2. The van der Waals surface area contributed by atoms with Gasteiger partial charge in [-0.05, 0) is 18.8 Å². The molecule has 1 fully saturated rings. The molecule has 1 aliphatic rings. The molecule has 0 radical (unpaired) electrons. The van der Waals surface area contributed by atoms with Gasteiger partial charge in [0, 0.05) is 19.7 Å². The van der Waals surface area contributed by atoms with Crippen LogP contribution in [-0.2, 0) is 4.79 Å². The molecule has 1 rings (SSSR count). The summed E-state index contributed by atoms with van der Waals surface area (Å²) in [6, 6.07) is 0. The van der Waals surface area contributed by atoms with E-state index in [1.807, 2.05) is 0 Å². The summed E-state index contributed by atoms with van der Waals surface area (Å²) in [5.41, 5.74) is 0. The molecule has 0 atom stereocenters. The number of amides is 1. The first kappa shape index (κ1) is 7.54. The number of likely N-dealkylation sites (tertiary alicyclic amines) is 1. The number of carbonyl (C=O) groups excluding carboxylic acids is 1. The van der Waals surface area contributed by atoms with Crippen molar-refractivity contribution in [3.05, 3.63) is 0 Å². The summed E-state index contributed by atoms with van der Waals surface area (Å²) in [6.45, 7) is 1.90. The summed E-state index contributed by atoms with van der Waals surface area (Å²) in [6.07, 6.45) is 2.79. The molecule has 0 aliphatic carbocycles. The van der Waals surface area contributed by atoms with Crippen LogP contribution in [0.3, 0.4) is 0 Å². The van der Waals surface area contributed by atoms with Crippen LogP contribution in [0, 0.1) is 5.92 Å². The first-order valence-electron chi connectivity index (χ1n) is 3.67. The molecule has 1 saturated heterocycles. The lowest BCUT2D eigenvalue weighted by molar-refractivity contribution is -0.119. The summed E-state index contributed by atoms with van der Waals surface area (Å²) in [5, 5.41) is 8.74. The van der Waals surface area contributed by atoms with Crippen molar-refractivity contribution in [2.24, 2.45) is 5.92 Å². The smallest absolute Gasteiger partial charge is 0.209 e. The lowest BCUT2D eigenvalue weighted by Crippen LogP contribution is -2.33. The van der Waals surface area contributed by atoms with Crippen LogP contribution in [0.4, 0.5) is 0 Å². The maximum absolute atomic E-state index is 10.2. The van der Waals surface area contributed by atoms with E-state index in [-0.39, 0.29) is 6.61 Å². The third kappa shape index (κ3) is 1.70. The van der Waals surface area contributed by atoms with Gasteiger partial charge in [0.15, 0.2) is 0 Å². The van der Waals surface area contributed by atoms with Crippen LogP contribution in [0.15, 0.2) is 0 Å². The molecule has 1 N–H and O–H groups in total. The van der Waals surface area contributed by atoms with E-state index in [1.165, 1.54) is 0 Å². The number of hydrogen-bond acceptors (Lipinski definition) is 2. The van der Waals surface area contributed by atoms with E-state index in [0.29, 0.717) is 5.92 Å². The SMILES string of the molecule is O=CN1CCC(CO)CC1. The zero-order chi connectivity index (χ0) is 7.40. The molecule has 0 aromatic heterocycles. The van der Waals surface area contributed by atoms with Gasteiger partial charge >= 0.3 is 0 Å². The lowest BCUT2D eigenvalue weighted by Gasteiger charge is -2.27. The van der Waals surface area contributed by atoms with Crippen molar-refractivity contribution in [3.63, 3.8) is 0 Å². The summed E-state index contributed by atoms with van der Waals surface area (Å²) in [5.74, 6) is 0.427. The van der Waals surface area contributed by atoms with Gasteiger partial charge < -0.3 is 10.0 Å². The zero-order valence-corrected chi connectivity index (χ0v) is 5.99. The second-order valence-corrected chi connectivity index (χ2v) is 2.77. The van der Waals surface area contributed by atoms with E-state index in [0.717, 1.165) is 32.3 Å². The Morgan fingerprint density at radius 2 is 2.10 bits per heavy atom. The molecule has 1 amide bonds. The number of aliphatic hydroxyl groups is 1. The van der Waals surface area contributed by atoms with Crippen molar-refractivity contribution in [2.45, 2.75) is 12.8 Å². The molecule has 10 heavy (non-hydrogen) atoms. The molecule has 58 valence electrons. The van der Waals surface area contributed by atoms with Crippen molar-refractivity contribution < 1.29 is 9.90 Å². The summed E-state index contributed by atoms with van der Waals surface area (Å²) >= 11 is 0. The van der Waals surface area contributed by atoms with Gasteiger partial charge in [0.05, 0.1) is 0 Å². The Morgan fingerprint density at radius 3 is 2.50 bits per heavy atom. The van der Waals surface area contributed by atoms with Crippen molar-refractivity contribution in [1.29, 1.82) is 0 Å². The van der Waals surface area contributed by atoms with Crippen molar-refractivity contribution in [1.82, 2.24) is 4.90 Å². The first-order chi connectivity index (χ1) is 4.86. The molecular weight excluding hydrogens is 130 g/mol. The predicted octanol–water partition coefficient (Wildman–Crippen LogP) is -0.153. The molecule has 0 spiro atoms. The van der Waals surface area contributed by atoms with Crippen molar-refractivity contribution in [2.75, 3.05) is 19.7 Å². The monoisotopic (exact) mass is 143 g/mol. The topological polar surface area (TPSA) is 40.5 Å². The van der Waals surface area contributed by atoms with E-state index in [4.69, 9.17) is 5.11 Å². The summed E-state index contributed by atoms with van der Waals surface area (Å²) in [7, 11) is 0. The van der Waals surface area contributed by atoms with Gasteiger partial charge in [-0.1, -0.05) is 0 Å². The van der Waals surface area contributed by atoms with Gasteiger partial charge in [-0.25, -0.2) is 0 Å². The van der Waals surface area contributed by atoms with Crippen LogP contribution in [0.25, 0.3) is 0 Å². The fourth-order valence-corrected chi connectivity index (χ4v) is 1.24. The van der Waals surface area contributed by atoms with Crippen LogP contribution in [0.1, 0.15) is 12.8 Å². The summed E-state index contributed by atoms with van der Waals surface area (Å²) in [4.78, 5) is 12.0. The maximum atomic E-state index is 10.2. The van der Waals surface area contributed by atoms with E-state index >= 15 is 0 Å². The Hall–Kier alpha value is -0.570. The molecule has 0 aromatic carbocycles. The van der Waals surface area contributed by atoms with Gasteiger partial charge in [-0.2, -0.15) is 0 Å². The summed E-state index contributed by atoms with van der Waals surface area (Å²) < 4.78 is 0. The Bertz CT molecular complexity index is 108. The standard InChI is InChI=1S/C7H13NO2/c9-5-7-1-3-8(6-10)4-2-7/h6-7,9H,1-5H2. The van der Waals surface area contributed by atoms with Gasteiger partial charge in [0.1, 0.15) is 0 Å². The number of hydrogen-bond donors (Lipinski definition) is 1. The fraction of sp³-hybridized carbons (Fsp3) is 0.857. The highest BCUT2D eigenvalue weighted by Crippen LogP contribution is 2.14. The number of nitrogens with zero attached hydrogens (tertiary/aromatic N) is 1. The zero-order valence-electron chi connectivity index (χ0n) is 5.99. The van der Waals surface area contributed by atoms with Crippen molar-refractivity contribution >= 4 is 6.41 Å². The third-order valence-electron chi connectivity index (χ3n) is 2.06. The molecule has 1 aliphatic heterocycles. The third-order valence-corrected chi connectivity index (χ3v) is 2.06. The number of carbonyl (C=O) groups is 1. The van der Waals surface area contributed by atoms with Gasteiger partial charge in [-0.15, -0.1) is 0 Å². The Labute approximate surface area is 60.6 Å².